The summed E-state index contributed by atoms with van der Waals surface area (Å²) in [7, 11) is 0. The average Bonchev–Trinajstić information content (AvgIpc) is 2.19. The Bertz CT molecular complexity index is 270. The number of hydrogen-bond acceptors (Lipinski definition) is 3. The van der Waals surface area contributed by atoms with Gasteiger partial charge >= 0.3 is 18.2 Å². The Kier molecular flexibility index (Phi) is 6.33. The summed E-state index contributed by atoms with van der Waals surface area (Å²) in [6, 6.07) is -0.826. The van der Waals surface area contributed by atoms with Gasteiger partial charge in [0.2, 0.25) is 0 Å². The number of rotatable bonds is 6. The monoisotopic (exact) mass is 258 g/mol. The van der Waals surface area contributed by atoms with Gasteiger partial charge in [-0.1, -0.05) is 0 Å². The van der Waals surface area contributed by atoms with Crippen molar-refractivity contribution in [2.45, 2.75) is 25.1 Å². The van der Waals surface area contributed by atoms with Crippen molar-refractivity contribution < 1.29 is 33.0 Å². The number of carbonyl (C=O) groups is 2. The first-order valence-corrected chi connectivity index (χ1v) is 4.71. The molecule has 0 radical (unpaired) electrons. The molecule has 100 valence electrons. The molecule has 0 aromatic rings. The second-order valence-electron chi connectivity index (χ2n) is 3.21. The molecule has 0 aliphatic carbocycles. The summed E-state index contributed by atoms with van der Waals surface area (Å²) in [4.78, 5) is 21.0. The molecule has 0 aliphatic heterocycles. The fourth-order valence-corrected chi connectivity index (χ4v) is 0.830. The summed E-state index contributed by atoms with van der Waals surface area (Å²) in [6.45, 7) is -0.699. The second kappa shape index (κ2) is 6.94. The highest BCUT2D eigenvalue weighted by Crippen LogP contribution is 2.20. The molecule has 0 spiro atoms. The van der Waals surface area contributed by atoms with Crippen LogP contribution in [0.5, 0.6) is 0 Å². The molecule has 0 fully saturated rings. The van der Waals surface area contributed by atoms with Crippen molar-refractivity contribution in [3.8, 4) is 0 Å². The van der Waals surface area contributed by atoms with E-state index >= 15 is 0 Å². The molecule has 0 unspecified atom stereocenters. The van der Waals surface area contributed by atoms with E-state index < -0.39 is 37.2 Å². The van der Waals surface area contributed by atoms with Gasteiger partial charge in [0.25, 0.3) is 0 Å². The van der Waals surface area contributed by atoms with E-state index in [0.29, 0.717) is 0 Å². The minimum atomic E-state index is -4.27. The van der Waals surface area contributed by atoms with Crippen LogP contribution in [0.15, 0.2) is 0 Å². The lowest BCUT2D eigenvalue weighted by atomic mass is 10.3. The maximum Gasteiger partial charge on any atom is 0.389 e. The lowest BCUT2D eigenvalue weighted by Gasteiger charge is -2.10. The number of carboxylic acid groups (broad SMARTS) is 1. The maximum absolute atomic E-state index is 11.7. The first-order chi connectivity index (χ1) is 7.72. The number of aliphatic carboxylic acids is 1. The molecule has 1 atom stereocenters. The normalized spacial score (nSPS) is 12.9. The van der Waals surface area contributed by atoms with Gasteiger partial charge in [-0.3, -0.25) is 0 Å². The zero-order chi connectivity index (χ0) is 13.5. The van der Waals surface area contributed by atoms with E-state index in [2.05, 4.69) is 5.32 Å². The molecule has 6 nitrogen and oxygen atoms in total. The van der Waals surface area contributed by atoms with Gasteiger partial charge in [-0.25, -0.2) is 9.59 Å². The van der Waals surface area contributed by atoms with Crippen molar-refractivity contribution in [3.63, 3.8) is 0 Å². The van der Waals surface area contributed by atoms with Gasteiger partial charge in [0, 0.05) is 13.0 Å². The highest BCUT2D eigenvalue weighted by Gasteiger charge is 2.25. The molecule has 0 aromatic carbocycles. The van der Waals surface area contributed by atoms with Crippen LogP contribution in [0.3, 0.4) is 0 Å². The molecule has 0 bridgehead atoms. The van der Waals surface area contributed by atoms with Gasteiger partial charge < -0.3 is 20.8 Å². The molecule has 2 amide bonds. The van der Waals surface area contributed by atoms with Crippen molar-refractivity contribution in [1.82, 2.24) is 10.6 Å². The predicted octanol–water partition coefficient (Wildman–Crippen LogP) is 0.0736. The summed E-state index contributed by atoms with van der Waals surface area (Å²) in [5, 5.41) is 21.1. The molecular weight excluding hydrogens is 245 g/mol. The average molecular weight is 258 g/mol. The molecule has 9 heteroatoms. The van der Waals surface area contributed by atoms with Crippen molar-refractivity contribution in [3.05, 3.63) is 0 Å². The van der Waals surface area contributed by atoms with Gasteiger partial charge in [0.15, 0.2) is 6.10 Å². The fraction of sp³-hybridized carbons (Fsp3) is 0.750. The molecule has 17 heavy (non-hydrogen) atoms. The van der Waals surface area contributed by atoms with Crippen LogP contribution in [0.1, 0.15) is 12.8 Å². The van der Waals surface area contributed by atoms with E-state index in [4.69, 9.17) is 10.2 Å². The molecule has 0 saturated heterocycles. The third-order valence-electron chi connectivity index (χ3n) is 1.66. The van der Waals surface area contributed by atoms with E-state index in [-0.39, 0.29) is 13.0 Å². The van der Waals surface area contributed by atoms with Crippen LogP contribution in [-0.2, 0) is 4.79 Å². The van der Waals surface area contributed by atoms with Gasteiger partial charge in [-0.05, 0) is 6.42 Å². The van der Waals surface area contributed by atoms with Crippen LogP contribution in [0.2, 0.25) is 0 Å². The standard InChI is InChI=1S/C8H13F3N2O4/c9-8(10,11)2-1-3-12-7(17)13-4-5(14)6(15)16/h5,14H,1-4H2,(H,15,16)(H2,12,13,17)/t5-/m0/s1. The lowest BCUT2D eigenvalue weighted by molar-refractivity contribution is -0.146. The Balaban J connectivity index is 3.57. The Labute approximate surface area is 94.8 Å². The smallest absolute Gasteiger partial charge is 0.389 e. The van der Waals surface area contributed by atoms with Gasteiger partial charge in [-0.15, -0.1) is 0 Å². The van der Waals surface area contributed by atoms with Crippen LogP contribution in [0.25, 0.3) is 0 Å². The molecule has 0 rings (SSSR count). The Morgan fingerprint density at radius 3 is 2.29 bits per heavy atom. The van der Waals surface area contributed by atoms with Crippen LogP contribution in [-0.4, -0.2) is 47.6 Å². The van der Waals surface area contributed by atoms with E-state index in [9.17, 15) is 22.8 Å². The van der Waals surface area contributed by atoms with Crippen molar-refractivity contribution in [2.75, 3.05) is 13.1 Å². The number of aliphatic hydroxyl groups is 1. The van der Waals surface area contributed by atoms with Crippen LogP contribution in [0, 0.1) is 0 Å². The molecule has 0 heterocycles. The first-order valence-electron chi connectivity index (χ1n) is 4.71. The van der Waals surface area contributed by atoms with Crippen molar-refractivity contribution in [1.29, 1.82) is 0 Å². The van der Waals surface area contributed by atoms with E-state index in [0.717, 1.165) is 0 Å². The molecule has 0 aromatic heterocycles. The number of nitrogens with one attached hydrogen (secondary N) is 2. The largest absolute Gasteiger partial charge is 0.479 e. The number of aliphatic hydroxyl groups excluding tert-OH is 1. The van der Waals surface area contributed by atoms with E-state index in [1.165, 1.54) is 0 Å². The summed E-state index contributed by atoms with van der Waals surface area (Å²) < 4.78 is 35.1. The lowest BCUT2D eigenvalue weighted by Crippen LogP contribution is -2.42. The van der Waals surface area contributed by atoms with E-state index in [1.54, 1.807) is 0 Å². The number of alkyl halides is 3. The van der Waals surface area contributed by atoms with Gasteiger partial charge in [0.05, 0.1) is 6.54 Å². The number of carbonyl (C=O) groups excluding carboxylic acids is 1. The minimum absolute atomic E-state index is 0.186. The number of hydrogen-bond donors (Lipinski definition) is 4. The second-order valence-corrected chi connectivity index (χ2v) is 3.21. The SMILES string of the molecule is O=C(NCCCC(F)(F)F)NC[C@H](O)C(=O)O. The van der Waals surface area contributed by atoms with Crippen LogP contribution >= 0.6 is 0 Å². The summed E-state index contributed by atoms with van der Waals surface area (Å²) >= 11 is 0. The topological polar surface area (TPSA) is 98.7 Å². The molecular formula is C8H13F3N2O4. The number of halogens is 3. The van der Waals surface area contributed by atoms with E-state index in [1.807, 2.05) is 5.32 Å². The zero-order valence-corrected chi connectivity index (χ0v) is 8.75. The number of amides is 2. The van der Waals surface area contributed by atoms with Crippen LogP contribution in [0.4, 0.5) is 18.0 Å². The molecule has 4 N–H and O–H groups in total. The third kappa shape index (κ3) is 9.42. The predicted molar refractivity (Wildman–Crippen MR) is 50.3 cm³/mol. The van der Waals surface area contributed by atoms with Gasteiger partial charge in [-0.2, -0.15) is 13.2 Å². The third-order valence-corrected chi connectivity index (χ3v) is 1.66. The summed E-state index contributed by atoms with van der Waals surface area (Å²) in [5.74, 6) is -1.50. The fourth-order valence-electron chi connectivity index (χ4n) is 0.830. The summed E-state index contributed by atoms with van der Waals surface area (Å²) in [6.07, 6.45) is -7.28. The summed E-state index contributed by atoms with van der Waals surface area (Å²) in [5.41, 5.74) is 0. The highest BCUT2D eigenvalue weighted by atomic mass is 19.4. The van der Waals surface area contributed by atoms with Gasteiger partial charge in [0.1, 0.15) is 0 Å². The zero-order valence-electron chi connectivity index (χ0n) is 8.75. The number of urea groups is 1. The molecule has 0 saturated carbocycles. The first kappa shape index (κ1) is 15.5. The Hall–Kier alpha value is -1.51. The Morgan fingerprint density at radius 2 is 1.82 bits per heavy atom. The minimum Gasteiger partial charge on any atom is -0.479 e. The quantitative estimate of drug-likeness (QED) is 0.507. The highest BCUT2D eigenvalue weighted by molar-refractivity contribution is 5.76. The van der Waals surface area contributed by atoms with Crippen molar-refractivity contribution in [2.24, 2.45) is 0 Å². The maximum atomic E-state index is 11.7. The molecule has 0 aliphatic rings. The van der Waals surface area contributed by atoms with Crippen LogP contribution < -0.4 is 10.6 Å². The Morgan fingerprint density at radius 1 is 1.24 bits per heavy atom. The number of carboxylic acids is 1. The van der Waals surface area contributed by atoms with Crippen molar-refractivity contribution >= 4 is 12.0 Å².